The number of Topliss-reactive ketones (excluding diaryl/α,β-unsaturated/α-hetero) is 3. The predicted molar refractivity (Wildman–Crippen MR) is 142 cm³/mol. The van der Waals surface area contributed by atoms with Crippen molar-refractivity contribution in [3.63, 3.8) is 0 Å². The number of benzene rings is 1. The molecule has 0 aliphatic heterocycles. The summed E-state index contributed by atoms with van der Waals surface area (Å²) >= 11 is 0. The molecule has 7 nitrogen and oxygen atoms in total. The first-order chi connectivity index (χ1) is 17.6. The minimum absolute atomic E-state index is 0.0129. The molecule has 0 fully saturated rings. The van der Waals surface area contributed by atoms with Gasteiger partial charge in [0.1, 0.15) is 22.8 Å². The van der Waals surface area contributed by atoms with Crippen LogP contribution in [0.15, 0.2) is 34.8 Å². The van der Waals surface area contributed by atoms with Crippen LogP contribution in [0.1, 0.15) is 82.8 Å². The lowest BCUT2D eigenvalue weighted by atomic mass is 9.44. The molecular formula is C31H36O7. The summed E-state index contributed by atoms with van der Waals surface area (Å²) in [5.74, 6) is 1.24. The number of phenols is 1. The Balaban J connectivity index is 2.04. The molecule has 5 atom stereocenters. The Bertz CT molecular complexity index is 1400. The van der Waals surface area contributed by atoms with E-state index in [4.69, 9.17) is 0 Å². The van der Waals surface area contributed by atoms with Crippen LogP contribution < -0.4 is 0 Å². The van der Waals surface area contributed by atoms with Gasteiger partial charge in [0.15, 0.2) is 17.2 Å². The lowest BCUT2D eigenvalue weighted by Gasteiger charge is -2.59. The van der Waals surface area contributed by atoms with Gasteiger partial charge in [0.2, 0.25) is 5.78 Å². The maximum Gasteiger partial charge on any atom is 0.209 e. The lowest BCUT2D eigenvalue weighted by molar-refractivity contribution is -0.171. The number of carbonyl (C=O) groups excluding carboxylic acids is 3. The molecule has 0 radical (unpaired) electrons. The van der Waals surface area contributed by atoms with Crippen molar-refractivity contribution >= 4 is 17.3 Å². The second-order valence-corrected chi connectivity index (χ2v) is 12.0. The van der Waals surface area contributed by atoms with Gasteiger partial charge in [-0.05, 0) is 49.8 Å². The molecule has 0 saturated heterocycles. The maximum atomic E-state index is 14.0. The van der Waals surface area contributed by atoms with Crippen LogP contribution in [0.5, 0.6) is 5.75 Å². The van der Waals surface area contributed by atoms with Crippen molar-refractivity contribution in [2.75, 3.05) is 0 Å². The first kappa shape index (κ1) is 27.7. The van der Waals surface area contributed by atoms with Crippen LogP contribution in [0, 0.1) is 40.4 Å². The summed E-state index contributed by atoms with van der Waals surface area (Å²) in [6.45, 7) is 12.1. The molecule has 4 rings (SSSR count). The average Bonchev–Trinajstić information content (AvgIpc) is 2.80. The molecule has 38 heavy (non-hydrogen) atoms. The highest BCUT2D eigenvalue weighted by Crippen LogP contribution is 2.65. The number of hydrogen-bond acceptors (Lipinski definition) is 7. The zero-order chi connectivity index (χ0) is 28.5. The number of rotatable bonds is 3. The molecule has 3 aliphatic rings. The summed E-state index contributed by atoms with van der Waals surface area (Å²) in [5, 5.41) is 45.6. The van der Waals surface area contributed by atoms with E-state index in [1.54, 1.807) is 33.8 Å². The number of aliphatic hydroxyl groups is 3. The van der Waals surface area contributed by atoms with Gasteiger partial charge in [-0.1, -0.05) is 53.4 Å². The Morgan fingerprint density at radius 3 is 2.32 bits per heavy atom. The SMILES string of the molecule is CCC(C)C#Cc1ccc(O)c2c1C[C@]1(C)C[C@]3(C)C(C(C)C)C(O)=C(C(C)=O)C(=O)[C@]3(O)C(O)=C1C2=O. The van der Waals surface area contributed by atoms with Gasteiger partial charge in [0, 0.05) is 33.8 Å². The van der Waals surface area contributed by atoms with Gasteiger partial charge in [-0.15, -0.1) is 0 Å². The fourth-order valence-electron chi connectivity index (χ4n) is 7.15. The Morgan fingerprint density at radius 1 is 1.13 bits per heavy atom. The van der Waals surface area contributed by atoms with Gasteiger partial charge in [0.05, 0.1) is 5.56 Å². The number of phenolic OH excluding ortho intramolecular Hbond substituents is 1. The smallest absolute Gasteiger partial charge is 0.209 e. The van der Waals surface area contributed by atoms with Gasteiger partial charge in [-0.3, -0.25) is 14.4 Å². The standard InChI is InChI=1S/C31H36O7/c1-8-16(4)9-10-18-11-12-20(33)22-19(18)13-29(6)14-30(7)23(15(2)3)25(34)21(17(5)32)27(36)31(30,38)28(37)24(29)26(22)35/h11-12,15-16,23,33-34,37-38H,8,13-14H2,1-7H3/t16?,23?,29-,30-,31+/m1/s1. The monoisotopic (exact) mass is 520 g/mol. The zero-order valence-electron chi connectivity index (χ0n) is 23.0. The number of aliphatic hydroxyl groups excluding tert-OH is 2. The number of aromatic hydroxyl groups is 1. The summed E-state index contributed by atoms with van der Waals surface area (Å²) in [4.78, 5) is 40.1. The van der Waals surface area contributed by atoms with Crippen molar-refractivity contribution in [2.45, 2.75) is 73.3 Å². The van der Waals surface area contributed by atoms with Crippen molar-refractivity contribution in [1.29, 1.82) is 0 Å². The van der Waals surface area contributed by atoms with Crippen LogP contribution in [0.3, 0.4) is 0 Å². The molecule has 0 aromatic heterocycles. The molecule has 0 spiro atoms. The highest BCUT2D eigenvalue weighted by atomic mass is 16.3. The fourth-order valence-corrected chi connectivity index (χ4v) is 7.15. The highest BCUT2D eigenvalue weighted by molar-refractivity contribution is 6.25. The average molecular weight is 521 g/mol. The van der Waals surface area contributed by atoms with Gasteiger partial charge < -0.3 is 20.4 Å². The summed E-state index contributed by atoms with van der Waals surface area (Å²) in [6.07, 6.45) is 1.12. The molecule has 0 amide bonds. The molecular weight excluding hydrogens is 484 g/mol. The molecule has 3 aliphatic carbocycles. The summed E-state index contributed by atoms with van der Waals surface area (Å²) in [5.41, 5.74) is -4.70. The number of carbonyl (C=O) groups is 3. The van der Waals surface area contributed by atoms with Crippen molar-refractivity contribution in [1.82, 2.24) is 0 Å². The maximum absolute atomic E-state index is 14.0. The molecule has 0 bridgehead atoms. The van der Waals surface area contributed by atoms with E-state index in [0.29, 0.717) is 11.1 Å². The van der Waals surface area contributed by atoms with Crippen LogP contribution >= 0.6 is 0 Å². The third-order valence-corrected chi connectivity index (χ3v) is 8.96. The number of allylic oxidation sites excluding steroid dienone is 2. The Labute approximate surface area is 223 Å². The molecule has 0 heterocycles. The normalized spacial score (nSPS) is 31.3. The molecule has 1 aromatic carbocycles. The van der Waals surface area contributed by atoms with Crippen LogP contribution in [-0.4, -0.2) is 43.4 Å². The van der Waals surface area contributed by atoms with Gasteiger partial charge in [-0.2, -0.15) is 0 Å². The van der Waals surface area contributed by atoms with Crippen LogP contribution in [0.25, 0.3) is 0 Å². The van der Waals surface area contributed by atoms with Crippen molar-refractivity contribution in [3.8, 4) is 17.6 Å². The highest BCUT2D eigenvalue weighted by Gasteiger charge is 2.71. The van der Waals surface area contributed by atoms with Crippen molar-refractivity contribution in [3.05, 3.63) is 51.5 Å². The van der Waals surface area contributed by atoms with Gasteiger partial charge in [-0.25, -0.2) is 0 Å². The van der Waals surface area contributed by atoms with E-state index in [0.717, 1.165) is 13.3 Å². The van der Waals surface area contributed by atoms with E-state index >= 15 is 0 Å². The van der Waals surface area contributed by atoms with Crippen LogP contribution in [-0.2, 0) is 16.0 Å². The molecule has 0 saturated carbocycles. The van der Waals surface area contributed by atoms with E-state index in [9.17, 15) is 34.8 Å². The first-order valence-corrected chi connectivity index (χ1v) is 13.1. The second kappa shape index (κ2) is 8.84. The number of hydrogen-bond donors (Lipinski definition) is 4. The molecule has 202 valence electrons. The van der Waals surface area contributed by atoms with Gasteiger partial charge in [0.25, 0.3) is 0 Å². The topological polar surface area (TPSA) is 132 Å². The third kappa shape index (κ3) is 3.50. The van der Waals surface area contributed by atoms with Gasteiger partial charge >= 0.3 is 0 Å². The minimum atomic E-state index is -2.61. The zero-order valence-corrected chi connectivity index (χ0v) is 23.0. The third-order valence-electron chi connectivity index (χ3n) is 8.96. The Hall–Kier alpha value is -3.37. The number of ketones is 3. The predicted octanol–water partition coefficient (Wildman–Crippen LogP) is 4.74. The number of fused-ring (bicyclic) bond motifs is 3. The molecule has 2 unspecified atom stereocenters. The fraction of sp³-hybridized carbons (Fsp3) is 0.516. The van der Waals surface area contributed by atoms with E-state index in [1.807, 2.05) is 13.8 Å². The summed E-state index contributed by atoms with van der Waals surface area (Å²) < 4.78 is 0. The van der Waals surface area contributed by atoms with Crippen LogP contribution in [0.2, 0.25) is 0 Å². The Morgan fingerprint density at radius 2 is 1.76 bits per heavy atom. The minimum Gasteiger partial charge on any atom is -0.511 e. The first-order valence-electron chi connectivity index (χ1n) is 13.1. The van der Waals surface area contributed by atoms with E-state index in [-0.39, 0.29) is 41.6 Å². The largest absolute Gasteiger partial charge is 0.511 e. The second-order valence-electron chi connectivity index (χ2n) is 12.0. The summed E-state index contributed by atoms with van der Waals surface area (Å²) in [7, 11) is 0. The van der Waals surface area contributed by atoms with Crippen molar-refractivity contribution in [2.24, 2.45) is 28.6 Å². The quantitative estimate of drug-likeness (QED) is 0.334. The van der Waals surface area contributed by atoms with E-state index < -0.39 is 56.8 Å². The molecule has 1 aromatic rings. The molecule has 7 heteroatoms. The Kier molecular flexibility index (Phi) is 6.44. The van der Waals surface area contributed by atoms with Crippen molar-refractivity contribution < 1.29 is 34.8 Å². The van der Waals surface area contributed by atoms with E-state index in [1.165, 1.54) is 6.07 Å². The molecule has 4 N–H and O–H groups in total. The van der Waals surface area contributed by atoms with Crippen LogP contribution in [0.4, 0.5) is 0 Å². The lowest BCUT2D eigenvalue weighted by Crippen LogP contribution is -2.67. The summed E-state index contributed by atoms with van der Waals surface area (Å²) in [6, 6.07) is 3.05. The van der Waals surface area contributed by atoms with E-state index in [2.05, 4.69) is 11.8 Å².